The number of para-hydroxylation sites is 1. The Morgan fingerprint density at radius 3 is 2.31 bits per heavy atom. The van der Waals surface area contributed by atoms with Crippen LogP contribution in [0.3, 0.4) is 0 Å². The lowest BCUT2D eigenvalue weighted by atomic mass is 10.0. The summed E-state index contributed by atoms with van der Waals surface area (Å²) >= 11 is 0. The Kier molecular flexibility index (Phi) is 16.1. The number of benzene rings is 1. The number of H-pyrrole nitrogens is 2. The number of nitrogens with one attached hydrogen (secondary N) is 3. The zero-order chi connectivity index (χ0) is 27.9. The summed E-state index contributed by atoms with van der Waals surface area (Å²) in [6.45, 7) is 16.2. The molecular weight excluding hydrogens is 482 g/mol. The molecule has 1 aliphatic heterocycles. The molecule has 2 aromatic heterocycles. The van der Waals surface area contributed by atoms with Crippen LogP contribution in [0.15, 0.2) is 48.0 Å². The van der Waals surface area contributed by atoms with Crippen molar-refractivity contribution in [2.45, 2.75) is 100 Å². The normalized spacial score (nSPS) is 16.1. The van der Waals surface area contributed by atoms with Gasteiger partial charge in [-0.3, -0.25) is 9.79 Å². The van der Waals surface area contributed by atoms with Crippen LogP contribution in [-0.2, 0) is 17.6 Å². The molecule has 3 aromatic rings. The zero-order valence-electron chi connectivity index (χ0n) is 24.8. The van der Waals surface area contributed by atoms with Gasteiger partial charge in [-0.1, -0.05) is 86.9 Å². The van der Waals surface area contributed by atoms with Gasteiger partial charge in [-0.25, -0.2) is 4.98 Å². The van der Waals surface area contributed by atoms with E-state index in [4.69, 9.17) is 0 Å². The minimum atomic E-state index is -0.134. The second kappa shape index (κ2) is 18.4. The molecule has 4 rings (SSSR count). The van der Waals surface area contributed by atoms with Crippen molar-refractivity contribution >= 4 is 23.0 Å². The summed E-state index contributed by atoms with van der Waals surface area (Å²) in [5.74, 6) is 2.67. The molecule has 0 saturated carbocycles. The highest BCUT2D eigenvalue weighted by atomic mass is 16.2. The lowest BCUT2D eigenvalue weighted by Crippen LogP contribution is -2.36. The second-order valence-electron chi connectivity index (χ2n) is 11.8. The van der Waals surface area contributed by atoms with Crippen LogP contribution < -0.4 is 5.32 Å². The van der Waals surface area contributed by atoms with Gasteiger partial charge in [-0.05, 0) is 61.0 Å². The van der Waals surface area contributed by atoms with Crippen molar-refractivity contribution in [3.05, 3.63) is 54.2 Å². The van der Waals surface area contributed by atoms with Gasteiger partial charge in [-0.2, -0.15) is 0 Å². The van der Waals surface area contributed by atoms with Crippen LogP contribution >= 0.6 is 0 Å². The van der Waals surface area contributed by atoms with E-state index in [1.807, 2.05) is 12.4 Å². The van der Waals surface area contributed by atoms with Crippen LogP contribution in [0.1, 0.15) is 92.8 Å². The van der Waals surface area contributed by atoms with Gasteiger partial charge in [0.25, 0.3) is 0 Å². The van der Waals surface area contributed by atoms with Crippen LogP contribution in [0.4, 0.5) is 0 Å². The first kappa shape index (κ1) is 34.1. The fourth-order valence-electron chi connectivity index (χ4n) is 4.51. The van der Waals surface area contributed by atoms with Crippen molar-refractivity contribution in [1.82, 2.24) is 20.3 Å². The number of nitrogens with zero attached hydrogens (tertiary/aromatic N) is 2. The molecule has 6 heteroatoms. The number of unbranched alkanes of at least 4 members (excludes halogenated alkanes) is 1. The molecule has 0 fully saturated rings. The first-order valence-corrected chi connectivity index (χ1v) is 14.5. The Bertz CT molecular complexity index is 1060. The first-order valence-electron chi connectivity index (χ1n) is 14.5. The average molecular weight is 538 g/mol. The standard InChI is InChI=1S/C13H24N2O.C12H15N.C7H12N2.CH4/c1-10(2)6-4-5-8-15-13(16)12-11(3)7-9-14-12;1-9(2)7-10-8-13-12-6-4-3-5-11(10)12;1-6(2)3-7-4-8-5-9-7;/h9-12H,4-8H2,1-3H3,(H,15,16);3-6,8-9,13H,7H2,1-2H3;4-6H,3H2,1-2H3,(H,8,9);1H4. The highest BCUT2D eigenvalue weighted by Gasteiger charge is 2.26. The molecule has 1 aliphatic rings. The van der Waals surface area contributed by atoms with Gasteiger partial charge in [0.05, 0.1) is 6.33 Å². The number of amides is 1. The number of aromatic nitrogens is 3. The molecule has 2 unspecified atom stereocenters. The second-order valence-corrected chi connectivity index (χ2v) is 11.8. The van der Waals surface area contributed by atoms with E-state index in [0.29, 0.717) is 11.8 Å². The quantitative estimate of drug-likeness (QED) is 0.229. The first-order chi connectivity index (χ1) is 18.2. The van der Waals surface area contributed by atoms with Crippen molar-refractivity contribution in [1.29, 1.82) is 0 Å². The molecule has 218 valence electrons. The van der Waals surface area contributed by atoms with Crippen LogP contribution in [0.25, 0.3) is 10.9 Å². The van der Waals surface area contributed by atoms with Gasteiger partial charge in [0.1, 0.15) is 6.04 Å². The lowest BCUT2D eigenvalue weighted by Gasteiger charge is -2.13. The van der Waals surface area contributed by atoms with E-state index in [0.717, 1.165) is 44.1 Å². The zero-order valence-corrected chi connectivity index (χ0v) is 24.8. The van der Waals surface area contributed by atoms with Crippen molar-refractivity contribution < 1.29 is 4.79 Å². The van der Waals surface area contributed by atoms with E-state index < -0.39 is 0 Å². The van der Waals surface area contributed by atoms with Crippen molar-refractivity contribution in [3.63, 3.8) is 0 Å². The number of hydrogen-bond acceptors (Lipinski definition) is 3. The number of hydrogen-bond donors (Lipinski definition) is 3. The predicted octanol–water partition coefficient (Wildman–Crippen LogP) is 8.02. The molecule has 0 saturated heterocycles. The summed E-state index contributed by atoms with van der Waals surface area (Å²) in [7, 11) is 0. The summed E-state index contributed by atoms with van der Waals surface area (Å²) < 4.78 is 0. The van der Waals surface area contributed by atoms with Gasteiger partial charge in [0, 0.05) is 41.7 Å². The molecule has 3 N–H and O–H groups in total. The van der Waals surface area contributed by atoms with Gasteiger partial charge in [0.15, 0.2) is 0 Å². The van der Waals surface area contributed by atoms with Crippen molar-refractivity contribution in [3.8, 4) is 0 Å². The maximum Gasteiger partial charge on any atom is 0.245 e. The van der Waals surface area contributed by atoms with Crippen LogP contribution in [-0.4, -0.2) is 39.7 Å². The summed E-state index contributed by atoms with van der Waals surface area (Å²) in [6.07, 6.45) is 14.3. The van der Waals surface area contributed by atoms with E-state index >= 15 is 0 Å². The van der Waals surface area contributed by atoms with E-state index in [2.05, 4.69) is 104 Å². The fourth-order valence-corrected chi connectivity index (χ4v) is 4.51. The molecule has 0 radical (unpaired) electrons. The number of fused-ring (bicyclic) bond motifs is 1. The summed E-state index contributed by atoms with van der Waals surface area (Å²) in [5.41, 5.74) is 3.91. The lowest BCUT2D eigenvalue weighted by molar-refractivity contribution is -0.123. The van der Waals surface area contributed by atoms with E-state index in [-0.39, 0.29) is 19.4 Å². The number of aromatic amines is 2. The van der Waals surface area contributed by atoms with Gasteiger partial charge in [-0.15, -0.1) is 0 Å². The molecule has 1 amide bonds. The van der Waals surface area contributed by atoms with Crippen molar-refractivity contribution in [2.75, 3.05) is 6.54 Å². The highest BCUT2D eigenvalue weighted by Crippen LogP contribution is 2.20. The van der Waals surface area contributed by atoms with Gasteiger partial charge >= 0.3 is 0 Å². The maximum atomic E-state index is 11.7. The van der Waals surface area contributed by atoms with Crippen molar-refractivity contribution in [2.24, 2.45) is 28.7 Å². The summed E-state index contributed by atoms with van der Waals surface area (Å²) in [6, 6.07) is 8.34. The minimum Gasteiger partial charge on any atom is -0.361 e. The van der Waals surface area contributed by atoms with E-state index in [9.17, 15) is 4.79 Å². The molecular formula is C33H55N5O. The maximum absolute atomic E-state index is 11.7. The molecule has 1 aromatic carbocycles. The Morgan fingerprint density at radius 1 is 1.00 bits per heavy atom. The fraction of sp³-hybridized carbons (Fsp3) is 0.606. The Hall–Kier alpha value is -2.89. The molecule has 2 atom stereocenters. The molecule has 0 spiro atoms. The third kappa shape index (κ3) is 13.1. The Balaban J connectivity index is 0.000000299. The average Bonchev–Trinajstić information content (AvgIpc) is 3.61. The van der Waals surface area contributed by atoms with Crippen LogP contribution in [0.2, 0.25) is 0 Å². The molecule has 0 aliphatic carbocycles. The number of carbonyl (C=O) groups excluding carboxylic acids is 1. The number of carbonyl (C=O) groups is 1. The number of rotatable bonds is 10. The highest BCUT2D eigenvalue weighted by molar-refractivity contribution is 5.85. The summed E-state index contributed by atoms with van der Waals surface area (Å²) in [5, 5.41) is 4.35. The number of aliphatic imine (C=N–C) groups is 1. The third-order valence-corrected chi connectivity index (χ3v) is 6.54. The third-order valence-electron chi connectivity index (χ3n) is 6.54. The molecule has 39 heavy (non-hydrogen) atoms. The molecule has 0 bridgehead atoms. The Morgan fingerprint density at radius 2 is 1.72 bits per heavy atom. The largest absolute Gasteiger partial charge is 0.361 e. The monoisotopic (exact) mass is 537 g/mol. The van der Waals surface area contributed by atoms with E-state index in [1.54, 1.807) is 6.33 Å². The minimum absolute atomic E-state index is 0. The smallest absolute Gasteiger partial charge is 0.245 e. The SMILES string of the molecule is C.CC(C)CCCCNC(=O)C1N=CCC1C.CC(C)Cc1c[nH]c2ccccc12.CC(C)Cc1cnc[nH]1. The van der Waals surface area contributed by atoms with Crippen LogP contribution in [0, 0.1) is 23.7 Å². The van der Waals surface area contributed by atoms with Gasteiger partial charge < -0.3 is 15.3 Å². The predicted molar refractivity (Wildman–Crippen MR) is 168 cm³/mol. The molecule has 6 nitrogen and oxygen atoms in total. The summed E-state index contributed by atoms with van der Waals surface area (Å²) in [4.78, 5) is 26.2. The molecule has 3 heterocycles. The Labute approximate surface area is 237 Å². The van der Waals surface area contributed by atoms with Gasteiger partial charge in [0.2, 0.25) is 5.91 Å². The number of imidazole rings is 1. The topological polar surface area (TPSA) is 85.9 Å². The van der Waals surface area contributed by atoms with Crippen LogP contribution in [0.5, 0.6) is 0 Å². The van der Waals surface area contributed by atoms with E-state index in [1.165, 1.54) is 35.0 Å².